The van der Waals surface area contributed by atoms with Crippen molar-refractivity contribution in [2.45, 2.75) is 40.2 Å². The van der Waals surface area contributed by atoms with Crippen LogP contribution in [0.5, 0.6) is 11.5 Å². The Labute approximate surface area is 171 Å². The van der Waals surface area contributed by atoms with Crippen molar-refractivity contribution in [3.8, 4) is 11.5 Å². The van der Waals surface area contributed by atoms with Crippen LogP contribution in [-0.2, 0) is 6.54 Å². The van der Waals surface area contributed by atoms with Crippen LogP contribution < -0.4 is 14.8 Å². The number of benzene rings is 2. The summed E-state index contributed by atoms with van der Waals surface area (Å²) < 4.78 is 13.5. The second-order valence-electron chi connectivity index (χ2n) is 6.85. The summed E-state index contributed by atoms with van der Waals surface area (Å²) in [7, 11) is 0. The number of aryl methyl sites for hydroxylation is 2. The van der Waals surface area contributed by atoms with Gasteiger partial charge in [0, 0.05) is 18.7 Å². The Morgan fingerprint density at radius 2 is 1.93 bits per heavy atom. The lowest BCUT2D eigenvalue weighted by atomic mass is 10.2. The molecule has 1 aromatic heterocycles. The van der Waals surface area contributed by atoms with E-state index in [9.17, 15) is 4.79 Å². The SMILES string of the molecule is CCCOc1ccc(C(=O)NCCCn2c(C)nc3ccccc32)cc1OCC. The molecule has 0 unspecified atom stereocenters. The van der Waals surface area contributed by atoms with E-state index in [1.165, 1.54) is 0 Å². The molecular weight excluding hydrogens is 366 g/mol. The highest BCUT2D eigenvalue weighted by Gasteiger charge is 2.12. The van der Waals surface area contributed by atoms with E-state index in [1.54, 1.807) is 18.2 Å². The first kappa shape index (κ1) is 20.7. The molecule has 6 heteroatoms. The van der Waals surface area contributed by atoms with E-state index in [-0.39, 0.29) is 5.91 Å². The van der Waals surface area contributed by atoms with Crippen molar-refractivity contribution in [3.05, 3.63) is 53.9 Å². The summed E-state index contributed by atoms with van der Waals surface area (Å²) in [5, 5.41) is 2.99. The number of ether oxygens (including phenoxy) is 2. The summed E-state index contributed by atoms with van der Waals surface area (Å²) in [6.45, 7) is 8.51. The molecule has 1 amide bonds. The first-order chi connectivity index (χ1) is 14.1. The molecule has 0 saturated carbocycles. The number of carbonyl (C=O) groups excluding carboxylic acids is 1. The third-order valence-corrected chi connectivity index (χ3v) is 4.66. The zero-order valence-electron chi connectivity index (χ0n) is 17.4. The van der Waals surface area contributed by atoms with E-state index in [0.29, 0.717) is 36.8 Å². The molecule has 0 aliphatic rings. The normalized spacial score (nSPS) is 10.9. The van der Waals surface area contributed by atoms with Gasteiger partial charge >= 0.3 is 0 Å². The third-order valence-electron chi connectivity index (χ3n) is 4.66. The summed E-state index contributed by atoms with van der Waals surface area (Å²) >= 11 is 0. The van der Waals surface area contributed by atoms with Crippen LogP contribution in [0.15, 0.2) is 42.5 Å². The summed E-state index contributed by atoms with van der Waals surface area (Å²) in [6.07, 6.45) is 1.74. The minimum absolute atomic E-state index is 0.111. The van der Waals surface area contributed by atoms with Gasteiger partial charge in [0.1, 0.15) is 5.82 Å². The maximum absolute atomic E-state index is 12.5. The first-order valence-corrected chi connectivity index (χ1v) is 10.2. The van der Waals surface area contributed by atoms with Crippen molar-refractivity contribution in [2.24, 2.45) is 0 Å². The van der Waals surface area contributed by atoms with E-state index in [1.807, 2.05) is 32.0 Å². The summed E-state index contributed by atoms with van der Waals surface area (Å²) in [6, 6.07) is 13.4. The van der Waals surface area contributed by atoms with Crippen molar-refractivity contribution in [2.75, 3.05) is 19.8 Å². The number of imidazole rings is 1. The van der Waals surface area contributed by atoms with Gasteiger partial charge in [-0.05, 0) is 57.0 Å². The first-order valence-electron chi connectivity index (χ1n) is 10.2. The Hall–Kier alpha value is -3.02. The van der Waals surface area contributed by atoms with Gasteiger partial charge in [0.25, 0.3) is 5.91 Å². The smallest absolute Gasteiger partial charge is 0.251 e. The van der Waals surface area contributed by atoms with Gasteiger partial charge in [0.2, 0.25) is 0 Å². The second kappa shape index (κ2) is 9.96. The highest BCUT2D eigenvalue weighted by atomic mass is 16.5. The number of nitrogens with zero attached hydrogens (tertiary/aromatic N) is 2. The fourth-order valence-corrected chi connectivity index (χ4v) is 3.27. The monoisotopic (exact) mass is 395 g/mol. The molecule has 0 radical (unpaired) electrons. The average Bonchev–Trinajstić information content (AvgIpc) is 3.05. The summed E-state index contributed by atoms with van der Waals surface area (Å²) in [5.74, 6) is 2.16. The Kier molecular flexibility index (Phi) is 7.11. The zero-order chi connectivity index (χ0) is 20.6. The van der Waals surface area contributed by atoms with Gasteiger partial charge in [-0.3, -0.25) is 4.79 Å². The largest absolute Gasteiger partial charge is 0.490 e. The van der Waals surface area contributed by atoms with E-state index < -0.39 is 0 Å². The molecule has 0 bridgehead atoms. The third kappa shape index (κ3) is 5.08. The Balaban J connectivity index is 1.57. The zero-order valence-corrected chi connectivity index (χ0v) is 17.4. The van der Waals surface area contributed by atoms with Gasteiger partial charge in [-0.25, -0.2) is 4.98 Å². The van der Waals surface area contributed by atoms with Gasteiger partial charge in [-0.15, -0.1) is 0 Å². The van der Waals surface area contributed by atoms with Gasteiger partial charge < -0.3 is 19.4 Å². The lowest BCUT2D eigenvalue weighted by Gasteiger charge is -2.13. The van der Waals surface area contributed by atoms with Crippen molar-refractivity contribution in [3.63, 3.8) is 0 Å². The molecule has 2 aromatic carbocycles. The molecule has 1 N–H and O–H groups in total. The number of aromatic nitrogens is 2. The Morgan fingerprint density at radius 1 is 1.10 bits per heavy atom. The number of para-hydroxylation sites is 2. The van der Waals surface area contributed by atoms with Crippen molar-refractivity contribution >= 4 is 16.9 Å². The van der Waals surface area contributed by atoms with Gasteiger partial charge in [0.05, 0.1) is 24.2 Å². The number of fused-ring (bicyclic) bond motifs is 1. The molecule has 0 fully saturated rings. The lowest BCUT2D eigenvalue weighted by molar-refractivity contribution is 0.0952. The van der Waals surface area contributed by atoms with Gasteiger partial charge in [-0.2, -0.15) is 0 Å². The molecular formula is C23H29N3O3. The molecule has 0 aliphatic heterocycles. The van der Waals surface area contributed by atoms with Crippen LogP contribution in [0.1, 0.15) is 42.9 Å². The van der Waals surface area contributed by atoms with Crippen LogP contribution in [-0.4, -0.2) is 35.2 Å². The highest BCUT2D eigenvalue weighted by molar-refractivity contribution is 5.94. The standard InChI is InChI=1S/C23H29N3O3/c1-4-15-29-21-12-11-18(16-22(21)28-5-2)23(27)24-13-8-14-26-17(3)25-19-9-6-7-10-20(19)26/h6-7,9-12,16H,4-5,8,13-15H2,1-3H3,(H,24,27). The molecule has 0 atom stereocenters. The number of nitrogens with one attached hydrogen (secondary N) is 1. The minimum atomic E-state index is -0.111. The van der Waals surface area contributed by atoms with Crippen molar-refractivity contribution in [1.82, 2.24) is 14.9 Å². The molecule has 1 heterocycles. The molecule has 0 spiro atoms. The van der Waals surface area contributed by atoms with E-state index >= 15 is 0 Å². The van der Waals surface area contributed by atoms with E-state index in [4.69, 9.17) is 9.47 Å². The van der Waals surface area contributed by atoms with Crippen LogP contribution >= 0.6 is 0 Å². The number of amides is 1. The Morgan fingerprint density at radius 3 is 2.72 bits per heavy atom. The predicted octanol–water partition coefficient (Wildman–Crippen LogP) is 4.35. The fraction of sp³-hybridized carbons (Fsp3) is 0.391. The molecule has 29 heavy (non-hydrogen) atoms. The van der Waals surface area contributed by atoms with Crippen LogP contribution in [0.2, 0.25) is 0 Å². The number of rotatable bonds is 10. The number of hydrogen-bond acceptors (Lipinski definition) is 4. The topological polar surface area (TPSA) is 65.4 Å². The van der Waals surface area contributed by atoms with E-state index in [2.05, 4.69) is 27.9 Å². The number of hydrogen-bond donors (Lipinski definition) is 1. The van der Waals surface area contributed by atoms with Crippen LogP contribution in [0.25, 0.3) is 11.0 Å². The molecule has 3 aromatic rings. The van der Waals surface area contributed by atoms with Crippen molar-refractivity contribution < 1.29 is 14.3 Å². The average molecular weight is 396 g/mol. The minimum Gasteiger partial charge on any atom is -0.490 e. The molecule has 3 rings (SSSR count). The maximum atomic E-state index is 12.5. The molecule has 154 valence electrons. The molecule has 0 saturated heterocycles. The summed E-state index contributed by atoms with van der Waals surface area (Å²) in [4.78, 5) is 17.1. The molecule has 0 aliphatic carbocycles. The fourth-order valence-electron chi connectivity index (χ4n) is 3.27. The van der Waals surface area contributed by atoms with Gasteiger partial charge in [0.15, 0.2) is 11.5 Å². The van der Waals surface area contributed by atoms with E-state index in [0.717, 1.165) is 36.2 Å². The van der Waals surface area contributed by atoms with Crippen LogP contribution in [0, 0.1) is 6.92 Å². The van der Waals surface area contributed by atoms with Crippen LogP contribution in [0.3, 0.4) is 0 Å². The van der Waals surface area contributed by atoms with Crippen molar-refractivity contribution in [1.29, 1.82) is 0 Å². The number of carbonyl (C=O) groups is 1. The predicted molar refractivity (Wildman–Crippen MR) is 115 cm³/mol. The van der Waals surface area contributed by atoms with Gasteiger partial charge in [-0.1, -0.05) is 19.1 Å². The second-order valence-corrected chi connectivity index (χ2v) is 6.85. The lowest BCUT2D eigenvalue weighted by Crippen LogP contribution is -2.25. The highest BCUT2D eigenvalue weighted by Crippen LogP contribution is 2.28. The van der Waals surface area contributed by atoms with Crippen LogP contribution in [0.4, 0.5) is 0 Å². The summed E-state index contributed by atoms with van der Waals surface area (Å²) in [5.41, 5.74) is 2.70. The quantitative estimate of drug-likeness (QED) is 0.518. The molecule has 6 nitrogen and oxygen atoms in total. The Bertz CT molecular complexity index is 965. The maximum Gasteiger partial charge on any atom is 0.251 e.